The molecule has 138 valence electrons. The molecule has 0 radical (unpaired) electrons. The topological polar surface area (TPSA) is 66.5 Å². The Bertz CT molecular complexity index is 798. The molecular weight excluding hydrogens is 348 g/mol. The highest BCUT2D eigenvalue weighted by Gasteiger charge is 2.29. The predicted molar refractivity (Wildman–Crippen MR) is 103 cm³/mol. The van der Waals surface area contributed by atoms with Crippen molar-refractivity contribution in [2.45, 2.75) is 18.5 Å². The third kappa shape index (κ3) is 4.71. The molecule has 1 atom stereocenters. The van der Waals surface area contributed by atoms with Crippen LogP contribution >= 0.6 is 0 Å². The van der Waals surface area contributed by atoms with E-state index in [1.54, 1.807) is 0 Å². The fraction of sp³-hybridized carbons (Fsp3) is 0.350. The van der Waals surface area contributed by atoms with Crippen LogP contribution in [0.25, 0.3) is 0 Å². The second-order valence-corrected chi connectivity index (χ2v) is 9.04. The van der Waals surface area contributed by atoms with Gasteiger partial charge in [0.15, 0.2) is 9.84 Å². The lowest BCUT2D eigenvalue weighted by atomic mass is 9.97. The van der Waals surface area contributed by atoms with Crippen LogP contribution in [0.5, 0.6) is 0 Å². The lowest BCUT2D eigenvalue weighted by molar-refractivity contribution is -0.122. The predicted octanol–water partition coefficient (Wildman–Crippen LogP) is 2.01. The van der Waals surface area contributed by atoms with Crippen LogP contribution in [0.3, 0.4) is 0 Å². The number of carbonyl (C=O) groups excluding carboxylic acids is 1. The second-order valence-electron chi connectivity index (χ2n) is 6.81. The van der Waals surface area contributed by atoms with Gasteiger partial charge in [-0.15, -0.1) is 0 Å². The molecule has 1 aliphatic heterocycles. The molecule has 5 nitrogen and oxygen atoms in total. The van der Waals surface area contributed by atoms with Gasteiger partial charge in [0.2, 0.25) is 5.91 Å². The first-order valence-electron chi connectivity index (χ1n) is 8.74. The Labute approximate surface area is 154 Å². The number of nitrogens with one attached hydrogen (secondary N) is 1. The smallest absolute Gasteiger partial charge is 0.234 e. The first-order chi connectivity index (χ1) is 12.4. The average molecular weight is 372 g/mol. The highest BCUT2D eigenvalue weighted by molar-refractivity contribution is 7.91. The van der Waals surface area contributed by atoms with Gasteiger partial charge >= 0.3 is 0 Å². The number of likely N-dealkylation sites (N-methyl/N-ethyl adjacent to an activating group) is 1. The van der Waals surface area contributed by atoms with Gasteiger partial charge in [-0.1, -0.05) is 60.7 Å². The molecule has 3 rings (SSSR count). The third-order valence-corrected chi connectivity index (χ3v) is 6.43. The van der Waals surface area contributed by atoms with Crippen LogP contribution in [0.1, 0.15) is 23.6 Å². The van der Waals surface area contributed by atoms with Crippen LogP contribution in [-0.2, 0) is 14.6 Å². The maximum absolute atomic E-state index is 12.4. The molecule has 1 N–H and O–H groups in total. The minimum absolute atomic E-state index is 0.0449. The summed E-state index contributed by atoms with van der Waals surface area (Å²) in [5, 5.41) is 2.86. The average Bonchev–Trinajstić information content (AvgIpc) is 2.95. The third-order valence-electron chi connectivity index (χ3n) is 4.66. The summed E-state index contributed by atoms with van der Waals surface area (Å²) < 4.78 is 23.1. The molecule has 2 aromatic carbocycles. The van der Waals surface area contributed by atoms with Gasteiger partial charge in [-0.3, -0.25) is 9.69 Å². The molecule has 1 amide bonds. The lowest BCUT2D eigenvalue weighted by Gasteiger charge is -2.29. The molecule has 1 fully saturated rings. The fourth-order valence-electron chi connectivity index (χ4n) is 3.47. The van der Waals surface area contributed by atoms with Crippen molar-refractivity contribution in [3.8, 4) is 0 Å². The zero-order chi connectivity index (χ0) is 18.6. The first-order valence-corrected chi connectivity index (χ1v) is 10.6. The molecule has 2 aromatic rings. The molecule has 0 spiro atoms. The number of nitrogens with zero attached hydrogens (tertiary/aromatic N) is 1. The molecule has 0 saturated carbocycles. The Morgan fingerprint density at radius 1 is 1.08 bits per heavy atom. The molecule has 26 heavy (non-hydrogen) atoms. The summed E-state index contributed by atoms with van der Waals surface area (Å²) >= 11 is 0. The van der Waals surface area contributed by atoms with Crippen molar-refractivity contribution >= 4 is 15.7 Å². The molecule has 0 aromatic heterocycles. The molecule has 1 saturated heterocycles. The van der Waals surface area contributed by atoms with Crippen molar-refractivity contribution in [3.05, 3.63) is 71.8 Å². The SMILES string of the molecule is CN(CC(=O)NC1CCS(=O)(=O)C1)C(c1ccccc1)c1ccccc1. The minimum atomic E-state index is -3.00. The van der Waals surface area contributed by atoms with Crippen LogP contribution in [-0.4, -0.2) is 50.4 Å². The van der Waals surface area contributed by atoms with Gasteiger partial charge in [0, 0.05) is 6.04 Å². The molecule has 0 aliphatic carbocycles. The normalized spacial score (nSPS) is 19.0. The largest absolute Gasteiger partial charge is 0.351 e. The zero-order valence-corrected chi connectivity index (χ0v) is 15.7. The summed E-state index contributed by atoms with van der Waals surface area (Å²) in [6, 6.07) is 19.8. The standard InChI is InChI=1S/C20H24N2O3S/c1-22(14-19(23)21-18-12-13-26(24,25)15-18)20(16-8-4-2-5-9-16)17-10-6-3-7-11-17/h2-11,18,20H,12-15H2,1H3,(H,21,23). The van der Waals surface area contributed by atoms with Crippen LogP contribution in [0, 0.1) is 0 Å². The monoisotopic (exact) mass is 372 g/mol. The van der Waals surface area contributed by atoms with E-state index in [-0.39, 0.29) is 36.0 Å². The van der Waals surface area contributed by atoms with Gasteiger partial charge in [0.25, 0.3) is 0 Å². The van der Waals surface area contributed by atoms with E-state index < -0.39 is 9.84 Å². The van der Waals surface area contributed by atoms with E-state index in [2.05, 4.69) is 29.6 Å². The molecule has 1 aliphatic rings. The van der Waals surface area contributed by atoms with Gasteiger partial charge in [-0.05, 0) is 24.6 Å². The van der Waals surface area contributed by atoms with E-state index in [0.717, 1.165) is 11.1 Å². The lowest BCUT2D eigenvalue weighted by Crippen LogP contribution is -2.42. The summed E-state index contributed by atoms with van der Waals surface area (Å²) in [6.45, 7) is 0.199. The number of rotatable bonds is 6. The number of sulfone groups is 1. The molecule has 6 heteroatoms. The Kier molecular flexibility index (Phi) is 5.74. The van der Waals surface area contributed by atoms with Crippen LogP contribution in [0.15, 0.2) is 60.7 Å². The van der Waals surface area contributed by atoms with Crippen LogP contribution in [0.4, 0.5) is 0 Å². The highest BCUT2D eigenvalue weighted by Crippen LogP contribution is 2.27. The van der Waals surface area contributed by atoms with Crippen molar-refractivity contribution in [3.63, 3.8) is 0 Å². The van der Waals surface area contributed by atoms with Crippen LogP contribution < -0.4 is 5.32 Å². The van der Waals surface area contributed by atoms with Crippen molar-refractivity contribution in [2.24, 2.45) is 0 Å². The van der Waals surface area contributed by atoms with E-state index in [4.69, 9.17) is 0 Å². The van der Waals surface area contributed by atoms with Crippen molar-refractivity contribution in [1.82, 2.24) is 10.2 Å². The summed E-state index contributed by atoms with van der Waals surface area (Å²) in [5.41, 5.74) is 2.22. The number of hydrogen-bond acceptors (Lipinski definition) is 4. The van der Waals surface area contributed by atoms with E-state index in [1.165, 1.54) is 0 Å². The van der Waals surface area contributed by atoms with Crippen molar-refractivity contribution < 1.29 is 13.2 Å². The van der Waals surface area contributed by atoms with Gasteiger partial charge in [0.1, 0.15) is 0 Å². The molecule has 0 bridgehead atoms. The minimum Gasteiger partial charge on any atom is -0.351 e. The van der Waals surface area contributed by atoms with E-state index in [1.807, 2.05) is 48.3 Å². The Morgan fingerprint density at radius 2 is 1.62 bits per heavy atom. The van der Waals surface area contributed by atoms with Crippen LogP contribution in [0.2, 0.25) is 0 Å². The van der Waals surface area contributed by atoms with Gasteiger partial charge in [-0.25, -0.2) is 8.42 Å². The Hall–Kier alpha value is -2.18. The molecule has 1 unspecified atom stereocenters. The molecular formula is C20H24N2O3S. The number of hydrogen-bond donors (Lipinski definition) is 1. The van der Waals surface area contributed by atoms with Crippen molar-refractivity contribution in [2.75, 3.05) is 25.1 Å². The summed E-state index contributed by atoms with van der Waals surface area (Å²) in [7, 11) is -1.09. The van der Waals surface area contributed by atoms with E-state index in [9.17, 15) is 13.2 Å². The number of amides is 1. The second kappa shape index (κ2) is 8.01. The van der Waals surface area contributed by atoms with Gasteiger partial charge < -0.3 is 5.32 Å². The fourth-order valence-corrected chi connectivity index (χ4v) is 5.15. The quantitative estimate of drug-likeness (QED) is 0.842. The van der Waals surface area contributed by atoms with E-state index in [0.29, 0.717) is 6.42 Å². The summed E-state index contributed by atoms with van der Waals surface area (Å²) in [6.07, 6.45) is 0.499. The van der Waals surface area contributed by atoms with Gasteiger partial charge in [0.05, 0.1) is 24.1 Å². The first kappa shape index (κ1) is 18.6. The highest BCUT2D eigenvalue weighted by atomic mass is 32.2. The number of benzene rings is 2. The van der Waals surface area contributed by atoms with Crippen molar-refractivity contribution in [1.29, 1.82) is 0 Å². The van der Waals surface area contributed by atoms with E-state index >= 15 is 0 Å². The summed E-state index contributed by atoms with van der Waals surface area (Å²) in [4.78, 5) is 14.4. The Morgan fingerprint density at radius 3 is 2.08 bits per heavy atom. The number of carbonyl (C=O) groups is 1. The maximum Gasteiger partial charge on any atom is 0.234 e. The zero-order valence-electron chi connectivity index (χ0n) is 14.8. The Balaban J connectivity index is 1.72. The summed E-state index contributed by atoms with van der Waals surface area (Å²) in [5.74, 6) is 0.0553. The maximum atomic E-state index is 12.4. The van der Waals surface area contributed by atoms with Gasteiger partial charge in [-0.2, -0.15) is 0 Å². The molecule has 1 heterocycles.